The maximum Gasteiger partial charge on any atom is 0.352 e. The lowest BCUT2D eigenvalue weighted by molar-refractivity contribution is -0.151. The monoisotopic (exact) mass is 272 g/mol. The van der Waals surface area contributed by atoms with Gasteiger partial charge in [-0.2, -0.15) is 0 Å². The number of aromatic hydroxyl groups is 1. The van der Waals surface area contributed by atoms with Crippen LogP contribution in [0.3, 0.4) is 0 Å². The van der Waals surface area contributed by atoms with Crippen molar-refractivity contribution in [3.8, 4) is 11.5 Å². The van der Waals surface area contributed by atoms with Crippen LogP contribution in [0.2, 0.25) is 0 Å². The van der Waals surface area contributed by atoms with Gasteiger partial charge < -0.3 is 14.6 Å². The molecule has 20 heavy (non-hydrogen) atoms. The number of phenolic OH excluding ortho intramolecular Hbond substituents is 1. The molecule has 4 heteroatoms. The van der Waals surface area contributed by atoms with Crippen LogP contribution in [0.5, 0.6) is 11.5 Å². The molecule has 0 heterocycles. The first kappa shape index (κ1) is 13.9. The van der Waals surface area contributed by atoms with Gasteiger partial charge in [0, 0.05) is 5.56 Å². The molecule has 0 bridgehead atoms. The largest absolute Gasteiger partial charge is 0.508 e. The van der Waals surface area contributed by atoms with Crippen LogP contribution in [0.4, 0.5) is 0 Å². The average molecular weight is 272 g/mol. The van der Waals surface area contributed by atoms with Crippen molar-refractivity contribution < 1.29 is 19.4 Å². The number of hydrogen-bond donors (Lipinski definition) is 1. The number of phenols is 1. The zero-order valence-corrected chi connectivity index (χ0v) is 11.2. The minimum atomic E-state index is -0.899. The second-order valence-electron chi connectivity index (χ2n) is 4.16. The highest BCUT2D eigenvalue weighted by Crippen LogP contribution is 2.25. The summed E-state index contributed by atoms with van der Waals surface area (Å²) in [6.07, 6.45) is -0.899. The van der Waals surface area contributed by atoms with Crippen molar-refractivity contribution in [3.63, 3.8) is 0 Å². The first-order valence-corrected chi connectivity index (χ1v) is 6.38. The highest BCUT2D eigenvalue weighted by atomic mass is 16.6. The fourth-order valence-corrected chi connectivity index (χ4v) is 1.79. The normalized spacial score (nSPS) is 11.7. The molecule has 104 valence electrons. The van der Waals surface area contributed by atoms with Crippen molar-refractivity contribution in [1.82, 2.24) is 0 Å². The maximum atomic E-state index is 12.0. The SMILES string of the molecule is CCOC(=O)C(Oc1ccccc1)c1cccc(O)c1. The Balaban J connectivity index is 2.27. The smallest absolute Gasteiger partial charge is 0.352 e. The Morgan fingerprint density at radius 3 is 2.55 bits per heavy atom. The number of rotatable bonds is 5. The molecule has 0 fully saturated rings. The van der Waals surface area contributed by atoms with Gasteiger partial charge in [0.15, 0.2) is 0 Å². The highest BCUT2D eigenvalue weighted by molar-refractivity contribution is 5.77. The quantitative estimate of drug-likeness (QED) is 0.850. The number of carbonyl (C=O) groups excluding carboxylic acids is 1. The summed E-state index contributed by atoms with van der Waals surface area (Å²) in [6.45, 7) is 2.01. The Morgan fingerprint density at radius 2 is 1.90 bits per heavy atom. The number of para-hydroxylation sites is 1. The number of carbonyl (C=O) groups is 1. The third-order valence-electron chi connectivity index (χ3n) is 2.67. The Bertz CT molecular complexity index is 566. The van der Waals surface area contributed by atoms with Crippen LogP contribution in [0.1, 0.15) is 18.6 Å². The molecule has 0 aliphatic rings. The number of benzene rings is 2. The molecule has 1 N–H and O–H groups in total. The summed E-state index contributed by atoms with van der Waals surface area (Å²) in [4.78, 5) is 12.0. The molecular weight excluding hydrogens is 256 g/mol. The third-order valence-corrected chi connectivity index (χ3v) is 2.67. The predicted octanol–water partition coefficient (Wildman–Crippen LogP) is 3.08. The molecular formula is C16H16O4. The summed E-state index contributed by atoms with van der Waals surface area (Å²) in [7, 11) is 0. The molecule has 2 aromatic carbocycles. The van der Waals surface area contributed by atoms with E-state index in [0.717, 1.165) is 0 Å². The van der Waals surface area contributed by atoms with E-state index in [1.54, 1.807) is 31.2 Å². The lowest BCUT2D eigenvalue weighted by Gasteiger charge is -2.18. The summed E-state index contributed by atoms with van der Waals surface area (Å²) in [5, 5.41) is 9.53. The Labute approximate surface area is 117 Å². The number of esters is 1. The van der Waals surface area contributed by atoms with Crippen LogP contribution in [0.25, 0.3) is 0 Å². The van der Waals surface area contributed by atoms with Crippen molar-refractivity contribution >= 4 is 5.97 Å². The number of hydrogen-bond acceptors (Lipinski definition) is 4. The van der Waals surface area contributed by atoms with E-state index in [-0.39, 0.29) is 12.4 Å². The molecule has 4 nitrogen and oxygen atoms in total. The fourth-order valence-electron chi connectivity index (χ4n) is 1.79. The topological polar surface area (TPSA) is 55.8 Å². The van der Waals surface area contributed by atoms with Crippen LogP contribution >= 0.6 is 0 Å². The Kier molecular flexibility index (Phi) is 4.60. The van der Waals surface area contributed by atoms with Crippen molar-refractivity contribution in [2.45, 2.75) is 13.0 Å². The third kappa shape index (κ3) is 3.51. The van der Waals surface area contributed by atoms with Crippen LogP contribution in [-0.2, 0) is 9.53 Å². The second kappa shape index (κ2) is 6.61. The van der Waals surface area contributed by atoms with E-state index in [0.29, 0.717) is 11.3 Å². The lowest BCUT2D eigenvalue weighted by Crippen LogP contribution is -2.21. The van der Waals surface area contributed by atoms with Crippen LogP contribution in [-0.4, -0.2) is 17.7 Å². The van der Waals surface area contributed by atoms with Crippen molar-refractivity contribution in [3.05, 3.63) is 60.2 Å². The summed E-state index contributed by atoms with van der Waals surface area (Å²) < 4.78 is 10.7. The minimum absolute atomic E-state index is 0.0773. The fraction of sp³-hybridized carbons (Fsp3) is 0.188. The van der Waals surface area contributed by atoms with E-state index in [4.69, 9.17) is 9.47 Å². The van der Waals surface area contributed by atoms with Gasteiger partial charge >= 0.3 is 5.97 Å². The molecule has 0 aromatic heterocycles. The lowest BCUT2D eigenvalue weighted by atomic mass is 10.1. The zero-order chi connectivity index (χ0) is 14.4. The summed E-state index contributed by atoms with van der Waals surface area (Å²) in [5.41, 5.74) is 0.548. The van der Waals surface area contributed by atoms with Crippen LogP contribution in [0.15, 0.2) is 54.6 Å². The van der Waals surface area contributed by atoms with Crippen LogP contribution < -0.4 is 4.74 Å². The molecule has 1 unspecified atom stereocenters. The van der Waals surface area contributed by atoms with E-state index in [9.17, 15) is 9.90 Å². The summed E-state index contributed by atoms with van der Waals surface area (Å²) in [6, 6.07) is 15.4. The molecule has 0 saturated heterocycles. The van der Waals surface area contributed by atoms with E-state index in [1.807, 2.05) is 18.2 Å². The zero-order valence-electron chi connectivity index (χ0n) is 11.2. The van der Waals surface area contributed by atoms with Gasteiger partial charge in [0.2, 0.25) is 6.10 Å². The van der Waals surface area contributed by atoms with Gasteiger partial charge in [-0.3, -0.25) is 0 Å². The van der Waals surface area contributed by atoms with Gasteiger partial charge in [-0.25, -0.2) is 4.79 Å². The first-order valence-electron chi connectivity index (χ1n) is 6.38. The molecule has 0 amide bonds. The van der Waals surface area contributed by atoms with Gasteiger partial charge in [0.05, 0.1) is 6.61 Å². The van der Waals surface area contributed by atoms with Crippen molar-refractivity contribution in [2.24, 2.45) is 0 Å². The van der Waals surface area contributed by atoms with E-state index < -0.39 is 12.1 Å². The molecule has 0 aliphatic carbocycles. The number of ether oxygens (including phenoxy) is 2. The van der Waals surface area contributed by atoms with Gasteiger partial charge in [-0.05, 0) is 31.2 Å². The standard InChI is InChI=1S/C16H16O4/c1-2-19-16(18)15(12-7-6-8-13(17)11-12)20-14-9-4-3-5-10-14/h3-11,15,17H,2H2,1H3. The van der Waals surface area contributed by atoms with E-state index in [1.165, 1.54) is 12.1 Å². The van der Waals surface area contributed by atoms with E-state index in [2.05, 4.69) is 0 Å². The second-order valence-corrected chi connectivity index (χ2v) is 4.16. The van der Waals surface area contributed by atoms with Gasteiger partial charge in [0.1, 0.15) is 11.5 Å². The highest BCUT2D eigenvalue weighted by Gasteiger charge is 2.24. The first-order chi connectivity index (χ1) is 9.70. The summed E-state index contributed by atoms with van der Waals surface area (Å²) in [5.74, 6) is 0.157. The van der Waals surface area contributed by atoms with Crippen molar-refractivity contribution in [1.29, 1.82) is 0 Å². The molecule has 1 atom stereocenters. The molecule has 0 saturated carbocycles. The molecule has 0 radical (unpaired) electrons. The Hall–Kier alpha value is -2.49. The average Bonchev–Trinajstić information content (AvgIpc) is 2.46. The Morgan fingerprint density at radius 1 is 1.15 bits per heavy atom. The van der Waals surface area contributed by atoms with Gasteiger partial charge in [-0.1, -0.05) is 30.3 Å². The maximum absolute atomic E-state index is 12.0. The van der Waals surface area contributed by atoms with Crippen molar-refractivity contribution in [2.75, 3.05) is 6.61 Å². The van der Waals surface area contributed by atoms with Crippen LogP contribution in [0, 0.1) is 0 Å². The molecule has 2 rings (SSSR count). The molecule has 0 aliphatic heterocycles. The summed E-state index contributed by atoms with van der Waals surface area (Å²) >= 11 is 0. The molecule has 0 spiro atoms. The van der Waals surface area contributed by atoms with Gasteiger partial charge in [-0.15, -0.1) is 0 Å². The van der Waals surface area contributed by atoms with Gasteiger partial charge in [0.25, 0.3) is 0 Å². The minimum Gasteiger partial charge on any atom is -0.508 e. The van der Waals surface area contributed by atoms with E-state index >= 15 is 0 Å². The molecule has 2 aromatic rings. The predicted molar refractivity (Wildman–Crippen MR) is 74.6 cm³/mol.